The Balaban J connectivity index is 2.82. The number of aromatic hydroxyl groups is 1. The van der Waals surface area contributed by atoms with E-state index in [0.29, 0.717) is 5.75 Å². The first-order valence-corrected chi connectivity index (χ1v) is 4.20. The van der Waals surface area contributed by atoms with Gasteiger partial charge in [-0.05, 0) is 11.8 Å². The topological polar surface area (TPSA) is 46.2 Å². The predicted octanol–water partition coefficient (Wildman–Crippen LogP) is 1.86. The van der Waals surface area contributed by atoms with Gasteiger partial charge in [0.25, 0.3) is 0 Å². The SMILES string of the molecule is CC[C@@H](N)c1cscc1O. The van der Waals surface area contributed by atoms with Gasteiger partial charge in [-0.1, -0.05) is 6.92 Å². The third-order valence-corrected chi connectivity index (χ3v) is 2.26. The van der Waals surface area contributed by atoms with E-state index in [0.717, 1.165) is 12.0 Å². The molecule has 0 fully saturated rings. The molecule has 0 aliphatic rings. The number of thiophene rings is 1. The van der Waals surface area contributed by atoms with Crippen molar-refractivity contribution in [1.29, 1.82) is 0 Å². The molecule has 0 unspecified atom stereocenters. The van der Waals surface area contributed by atoms with Gasteiger partial charge in [0.15, 0.2) is 0 Å². The lowest BCUT2D eigenvalue weighted by atomic mass is 10.1. The number of nitrogens with two attached hydrogens (primary N) is 1. The van der Waals surface area contributed by atoms with Gasteiger partial charge in [-0.2, -0.15) is 0 Å². The molecule has 3 heteroatoms. The third-order valence-electron chi connectivity index (χ3n) is 1.51. The lowest BCUT2D eigenvalue weighted by molar-refractivity contribution is 0.463. The van der Waals surface area contributed by atoms with Crippen molar-refractivity contribution >= 4 is 11.3 Å². The van der Waals surface area contributed by atoms with Gasteiger partial charge < -0.3 is 10.8 Å². The number of hydrogen-bond donors (Lipinski definition) is 2. The Bertz CT molecular complexity index is 209. The summed E-state index contributed by atoms with van der Waals surface area (Å²) >= 11 is 1.48. The first-order chi connectivity index (χ1) is 4.75. The van der Waals surface area contributed by atoms with E-state index >= 15 is 0 Å². The molecule has 2 nitrogen and oxygen atoms in total. The minimum Gasteiger partial charge on any atom is -0.507 e. The van der Waals surface area contributed by atoms with Crippen molar-refractivity contribution < 1.29 is 5.11 Å². The molecule has 56 valence electrons. The lowest BCUT2D eigenvalue weighted by Gasteiger charge is -2.05. The molecule has 0 saturated heterocycles. The second-order valence-electron chi connectivity index (χ2n) is 2.23. The molecule has 0 saturated carbocycles. The highest BCUT2D eigenvalue weighted by atomic mass is 32.1. The van der Waals surface area contributed by atoms with E-state index in [2.05, 4.69) is 0 Å². The molecule has 0 amide bonds. The molecule has 3 N–H and O–H groups in total. The van der Waals surface area contributed by atoms with Crippen LogP contribution in [0.25, 0.3) is 0 Å². The zero-order chi connectivity index (χ0) is 7.56. The standard InChI is InChI=1S/C7H11NOS/c1-2-6(8)5-3-10-4-7(5)9/h3-4,6,9H,2,8H2,1H3/t6-/m1/s1. The van der Waals surface area contributed by atoms with Gasteiger partial charge in [0, 0.05) is 17.0 Å². The molecule has 1 aromatic rings. The van der Waals surface area contributed by atoms with Gasteiger partial charge in [0.2, 0.25) is 0 Å². The fraction of sp³-hybridized carbons (Fsp3) is 0.429. The first-order valence-electron chi connectivity index (χ1n) is 3.26. The Morgan fingerprint density at radius 1 is 1.70 bits per heavy atom. The third kappa shape index (κ3) is 1.30. The van der Waals surface area contributed by atoms with Gasteiger partial charge in [0.05, 0.1) is 0 Å². The summed E-state index contributed by atoms with van der Waals surface area (Å²) in [6, 6.07) is -0.00810. The zero-order valence-electron chi connectivity index (χ0n) is 5.87. The van der Waals surface area contributed by atoms with E-state index in [-0.39, 0.29) is 6.04 Å². The molecule has 10 heavy (non-hydrogen) atoms. The first kappa shape index (κ1) is 7.57. The van der Waals surface area contributed by atoms with Crippen LogP contribution in [0, 0.1) is 0 Å². The zero-order valence-corrected chi connectivity index (χ0v) is 6.69. The Hall–Kier alpha value is -0.540. The summed E-state index contributed by atoms with van der Waals surface area (Å²) < 4.78 is 0. The van der Waals surface area contributed by atoms with Crippen LogP contribution in [0.2, 0.25) is 0 Å². The molecule has 0 spiro atoms. The summed E-state index contributed by atoms with van der Waals surface area (Å²) in [5.41, 5.74) is 6.55. The van der Waals surface area contributed by atoms with Gasteiger partial charge in [0.1, 0.15) is 5.75 Å². The summed E-state index contributed by atoms with van der Waals surface area (Å²) in [5.74, 6) is 0.333. The van der Waals surface area contributed by atoms with Gasteiger partial charge in [-0.15, -0.1) is 11.3 Å². The van der Waals surface area contributed by atoms with E-state index in [1.165, 1.54) is 11.3 Å². The summed E-state index contributed by atoms with van der Waals surface area (Å²) in [6.07, 6.45) is 0.865. The summed E-state index contributed by atoms with van der Waals surface area (Å²) in [6.45, 7) is 2.00. The normalized spacial score (nSPS) is 13.4. The molecule has 0 aromatic carbocycles. The average molecular weight is 157 g/mol. The van der Waals surface area contributed by atoms with Crippen LogP contribution in [0.5, 0.6) is 5.75 Å². The molecule has 0 aliphatic carbocycles. The molecule has 1 rings (SSSR count). The van der Waals surface area contributed by atoms with Crippen molar-refractivity contribution in [2.75, 3.05) is 0 Å². The minimum absolute atomic E-state index is 0.00810. The quantitative estimate of drug-likeness (QED) is 0.688. The highest BCUT2D eigenvalue weighted by molar-refractivity contribution is 7.08. The van der Waals surface area contributed by atoms with E-state index in [1.54, 1.807) is 5.38 Å². The van der Waals surface area contributed by atoms with E-state index in [1.807, 2.05) is 12.3 Å². The van der Waals surface area contributed by atoms with Crippen molar-refractivity contribution in [2.24, 2.45) is 5.73 Å². The average Bonchev–Trinajstić information content (AvgIpc) is 2.34. The molecule has 1 atom stereocenters. The van der Waals surface area contributed by atoms with Crippen molar-refractivity contribution in [1.82, 2.24) is 0 Å². The second-order valence-corrected chi connectivity index (χ2v) is 2.97. The highest BCUT2D eigenvalue weighted by Crippen LogP contribution is 2.27. The molecular formula is C7H11NOS. The van der Waals surface area contributed by atoms with Gasteiger partial charge in [-0.3, -0.25) is 0 Å². The summed E-state index contributed by atoms with van der Waals surface area (Å²) in [7, 11) is 0. The van der Waals surface area contributed by atoms with Crippen molar-refractivity contribution in [3.63, 3.8) is 0 Å². The molecule has 0 radical (unpaired) electrons. The van der Waals surface area contributed by atoms with E-state index < -0.39 is 0 Å². The molecule has 0 bridgehead atoms. The Morgan fingerprint density at radius 2 is 2.40 bits per heavy atom. The lowest BCUT2D eigenvalue weighted by Crippen LogP contribution is -2.07. The molecule has 1 aromatic heterocycles. The second kappa shape index (κ2) is 3.03. The van der Waals surface area contributed by atoms with Crippen LogP contribution in [-0.4, -0.2) is 5.11 Å². The highest BCUT2D eigenvalue weighted by Gasteiger charge is 2.08. The van der Waals surface area contributed by atoms with Crippen LogP contribution < -0.4 is 5.73 Å². The number of rotatable bonds is 2. The Kier molecular flexibility index (Phi) is 2.29. The monoisotopic (exact) mass is 157 g/mol. The van der Waals surface area contributed by atoms with Gasteiger partial charge in [-0.25, -0.2) is 0 Å². The van der Waals surface area contributed by atoms with Crippen LogP contribution in [0.3, 0.4) is 0 Å². The maximum Gasteiger partial charge on any atom is 0.131 e. The Morgan fingerprint density at radius 3 is 2.80 bits per heavy atom. The van der Waals surface area contributed by atoms with Crippen molar-refractivity contribution in [3.05, 3.63) is 16.3 Å². The van der Waals surface area contributed by atoms with E-state index in [4.69, 9.17) is 5.73 Å². The fourth-order valence-corrected chi connectivity index (χ4v) is 1.57. The maximum atomic E-state index is 9.18. The Labute approximate surface area is 64.3 Å². The fourth-order valence-electron chi connectivity index (χ4n) is 0.797. The summed E-state index contributed by atoms with van der Waals surface area (Å²) in [5, 5.41) is 12.8. The van der Waals surface area contributed by atoms with Crippen LogP contribution >= 0.6 is 11.3 Å². The maximum absolute atomic E-state index is 9.18. The van der Waals surface area contributed by atoms with Crippen LogP contribution in [0.15, 0.2) is 10.8 Å². The molecule has 0 aliphatic heterocycles. The largest absolute Gasteiger partial charge is 0.507 e. The summed E-state index contributed by atoms with van der Waals surface area (Å²) in [4.78, 5) is 0. The van der Waals surface area contributed by atoms with Crippen molar-refractivity contribution in [3.8, 4) is 5.75 Å². The van der Waals surface area contributed by atoms with Crippen LogP contribution in [0.4, 0.5) is 0 Å². The smallest absolute Gasteiger partial charge is 0.131 e. The molecular weight excluding hydrogens is 146 g/mol. The van der Waals surface area contributed by atoms with Crippen LogP contribution in [-0.2, 0) is 0 Å². The minimum atomic E-state index is -0.00810. The molecule has 1 heterocycles. The van der Waals surface area contributed by atoms with Gasteiger partial charge >= 0.3 is 0 Å². The van der Waals surface area contributed by atoms with Crippen LogP contribution in [0.1, 0.15) is 24.9 Å². The number of hydrogen-bond acceptors (Lipinski definition) is 3. The van der Waals surface area contributed by atoms with E-state index in [9.17, 15) is 5.11 Å². The predicted molar refractivity (Wildman–Crippen MR) is 43.2 cm³/mol. The van der Waals surface area contributed by atoms with Crippen molar-refractivity contribution in [2.45, 2.75) is 19.4 Å².